The molecule has 5 atom stereocenters. The van der Waals surface area contributed by atoms with Crippen molar-refractivity contribution in [2.75, 3.05) is 21.2 Å². The molecule has 32 heavy (non-hydrogen) atoms. The lowest BCUT2D eigenvalue weighted by Gasteiger charge is -2.31. The molecule has 2 amide bonds. The van der Waals surface area contributed by atoms with Gasteiger partial charge in [0.1, 0.15) is 18.2 Å². The van der Waals surface area contributed by atoms with Gasteiger partial charge < -0.3 is 20.5 Å². The fourth-order valence-corrected chi connectivity index (χ4v) is 3.42. The molecule has 1 aromatic carbocycles. The Balaban J connectivity index is 3.23. The monoisotopic (exact) mass is 449 g/mol. The highest BCUT2D eigenvalue weighted by atomic mass is 16.5. The summed E-state index contributed by atoms with van der Waals surface area (Å²) in [5, 5.41) is 16.4. The predicted molar refractivity (Wildman–Crippen MR) is 124 cm³/mol. The summed E-state index contributed by atoms with van der Waals surface area (Å²) in [6.07, 6.45) is -0.0703. The maximum Gasteiger partial charge on any atom is 0.328 e. The third-order valence-electron chi connectivity index (χ3n) is 5.62. The van der Waals surface area contributed by atoms with Gasteiger partial charge in [-0.05, 0) is 37.9 Å². The van der Waals surface area contributed by atoms with Gasteiger partial charge in [-0.3, -0.25) is 14.5 Å². The van der Waals surface area contributed by atoms with E-state index in [0.717, 1.165) is 0 Å². The van der Waals surface area contributed by atoms with Gasteiger partial charge in [0.15, 0.2) is 0 Å². The number of benzene rings is 1. The predicted octanol–water partition coefficient (Wildman–Crippen LogP) is 1.89. The Morgan fingerprint density at radius 2 is 1.56 bits per heavy atom. The number of hydrogen-bond acceptors (Lipinski definition) is 6. The van der Waals surface area contributed by atoms with Gasteiger partial charge in [-0.15, -0.1) is 0 Å². The van der Waals surface area contributed by atoms with Crippen LogP contribution in [0.3, 0.4) is 0 Å². The Hall–Kier alpha value is -2.45. The van der Waals surface area contributed by atoms with Crippen molar-refractivity contribution in [1.29, 1.82) is 0 Å². The molecule has 0 aliphatic rings. The second kappa shape index (κ2) is 13.2. The van der Waals surface area contributed by atoms with Crippen LogP contribution < -0.4 is 10.6 Å². The summed E-state index contributed by atoms with van der Waals surface area (Å²) in [4.78, 5) is 40.4. The zero-order valence-corrected chi connectivity index (χ0v) is 20.3. The van der Waals surface area contributed by atoms with Crippen LogP contribution in [0.5, 0.6) is 0 Å². The van der Waals surface area contributed by atoms with Crippen LogP contribution in [0.1, 0.15) is 52.2 Å². The van der Waals surface area contributed by atoms with Gasteiger partial charge in [0.25, 0.3) is 0 Å². The number of rotatable bonds is 12. The molecule has 0 aliphatic carbocycles. The van der Waals surface area contributed by atoms with E-state index in [1.54, 1.807) is 49.3 Å². The Morgan fingerprint density at radius 1 is 1.00 bits per heavy atom. The molecule has 0 spiro atoms. The third kappa shape index (κ3) is 7.91. The molecule has 0 unspecified atom stereocenters. The average Bonchev–Trinajstić information content (AvgIpc) is 2.77. The lowest BCUT2D eigenvalue weighted by Crippen LogP contribution is -2.58. The van der Waals surface area contributed by atoms with Crippen molar-refractivity contribution in [3.8, 4) is 0 Å². The average molecular weight is 450 g/mol. The van der Waals surface area contributed by atoms with Crippen LogP contribution in [0.15, 0.2) is 30.3 Å². The molecule has 0 saturated carbocycles. The van der Waals surface area contributed by atoms with Gasteiger partial charge in [0.2, 0.25) is 11.8 Å². The molecule has 0 bridgehead atoms. The van der Waals surface area contributed by atoms with Crippen molar-refractivity contribution in [2.24, 2.45) is 11.8 Å². The lowest BCUT2D eigenvalue weighted by molar-refractivity contribution is -0.147. The minimum atomic E-state index is -1.29. The molecule has 0 saturated heterocycles. The number of esters is 1. The molecular weight excluding hydrogens is 410 g/mol. The minimum absolute atomic E-state index is 0.188. The fourth-order valence-electron chi connectivity index (χ4n) is 3.42. The zero-order chi connectivity index (χ0) is 24.4. The Kier molecular flexibility index (Phi) is 11.4. The van der Waals surface area contributed by atoms with Gasteiger partial charge in [-0.25, -0.2) is 4.79 Å². The van der Waals surface area contributed by atoms with Crippen molar-refractivity contribution in [3.05, 3.63) is 35.9 Å². The first-order chi connectivity index (χ1) is 15.0. The summed E-state index contributed by atoms with van der Waals surface area (Å²) in [5.41, 5.74) is 0.483. The molecule has 0 fully saturated rings. The maximum atomic E-state index is 13.3. The van der Waals surface area contributed by atoms with Crippen LogP contribution in [0.25, 0.3) is 0 Å². The van der Waals surface area contributed by atoms with Crippen LogP contribution >= 0.6 is 0 Å². The molecule has 180 valence electrons. The molecule has 1 rings (SSSR count). The van der Waals surface area contributed by atoms with E-state index in [4.69, 9.17) is 4.74 Å². The summed E-state index contributed by atoms with van der Waals surface area (Å²) in [5.74, 6) is -1.51. The van der Waals surface area contributed by atoms with E-state index in [0.29, 0.717) is 18.4 Å². The number of carbonyl (C=O) groups is 3. The van der Waals surface area contributed by atoms with Gasteiger partial charge in [0.05, 0.1) is 13.2 Å². The smallest absolute Gasteiger partial charge is 0.328 e. The largest absolute Gasteiger partial charge is 0.467 e. The van der Waals surface area contributed by atoms with Crippen LogP contribution in [0, 0.1) is 11.8 Å². The summed E-state index contributed by atoms with van der Waals surface area (Å²) in [6.45, 7) is 7.76. The molecule has 8 nitrogen and oxygen atoms in total. The highest BCUT2D eigenvalue weighted by Crippen LogP contribution is 2.19. The number of methoxy groups -OCH3 is 1. The molecule has 0 aliphatic heterocycles. The van der Waals surface area contributed by atoms with Crippen LogP contribution in [0.4, 0.5) is 0 Å². The number of aliphatic hydroxyl groups is 1. The van der Waals surface area contributed by atoms with Crippen molar-refractivity contribution >= 4 is 17.8 Å². The number of hydrogen-bond donors (Lipinski definition) is 3. The molecule has 0 aromatic heterocycles. The molecular formula is C24H39N3O5. The third-order valence-corrected chi connectivity index (χ3v) is 5.62. The van der Waals surface area contributed by atoms with Crippen molar-refractivity contribution < 1.29 is 24.2 Å². The van der Waals surface area contributed by atoms with E-state index in [-0.39, 0.29) is 17.7 Å². The second-order valence-electron chi connectivity index (χ2n) is 8.85. The Morgan fingerprint density at radius 3 is 2.03 bits per heavy atom. The fraction of sp³-hybridized carbons (Fsp3) is 0.625. The first kappa shape index (κ1) is 27.6. The summed E-state index contributed by atoms with van der Waals surface area (Å²) < 4.78 is 4.85. The van der Waals surface area contributed by atoms with E-state index in [1.807, 2.05) is 27.7 Å². The van der Waals surface area contributed by atoms with Gasteiger partial charge >= 0.3 is 5.97 Å². The van der Waals surface area contributed by atoms with Crippen LogP contribution in [-0.4, -0.2) is 67.1 Å². The minimum Gasteiger partial charge on any atom is -0.467 e. The van der Waals surface area contributed by atoms with Crippen LogP contribution in [-0.2, 0) is 19.1 Å². The Labute approximate surface area is 191 Å². The quantitative estimate of drug-likeness (QED) is 0.421. The number of carbonyl (C=O) groups excluding carboxylic acids is 3. The first-order valence-electron chi connectivity index (χ1n) is 11.1. The van der Waals surface area contributed by atoms with E-state index >= 15 is 0 Å². The highest BCUT2D eigenvalue weighted by molar-refractivity contribution is 5.92. The molecule has 1 aromatic rings. The standard InChI is InChI=1S/C24H39N3O5/c1-8-16(4)19(24(31)32-7)25-23(30)20(21(28)17-12-10-9-11-13-17)26-22(29)18(27(5)6)14-15(2)3/h9-13,15-16,18-21,28H,8,14H2,1-7H3,(H,25,30)(H,26,29)/t16-,18-,19-,20+,21-/m0/s1. The van der Waals surface area contributed by atoms with Gasteiger partial charge in [-0.2, -0.15) is 0 Å². The van der Waals surface area contributed by atoms with Gasteiger partial charge in [-0.1, -0.05) is 64.4 Å². The zero-order valence-electron chi connectivity index (χ0n) is 20.3. The number of likely N-dealkylation sites (N-methyl/N-ethyl adjacent to an activating group) is 1. The Bertz CT molecular complexity index is 738. The SMILES string of the molecule is CC[C@H](C)[C@H](NC(=O)[C@H](NC(=O)[C@H](CC(C)C)N(C)C)[C@@H](O)c1ccccc1)C(=O)OC. The second-order valence-corrected chi connectivity index (χ2v) is 8.85. The number of aliphatic hydroxyl groups excluding tert-OH is 1. The van der Waals surface area contributed by atoms with Gasteiger partial charge in [0, 0.05) is 0 Å². The van der Waals surface area contributed by atoms with E-state index in [2.05, 4.69) is 10.6 Å². The van der Waals surface area contributed by atoms with E-state index < -0.39 is 36.1 Å². The highest BCUT2D eigenvalue weighted by Gasteiger charge is 2.36. The number of nitrogens with one attached hydrogen (secondary N) is 2. The molecule has 8 heteroatoms. The molecule has 0 heterocycles. The normalized spacial score (nSPS) is 16.1. The van der Waals surface area contributed by atoms with Crippen molar-refractivity contribution in [1.82, 2.24) is 15.5 Å². The molecule has 3 N–H and O–H groups in total. The maximum absolute atomic E-state index is 13.3. The van der Waals surface area contributed by atoms with Crippen LogP contribution in [0.2, 0.25) is 0 Å². The number of amides is 2. The summed E-state index contributed by atoms with van der Waals surface area (Å²) in [7, 11) is 4.85. The van der Waals surface area contributed by atoms with Crippen molar-refractivity contribution in [3.63, 3.8) is 0 Å². The summed E-state index contributed by atoms with van der Waals surface area (Å²) in [6, 6.07) is 6.00. The topological polar surface area (TPSA) is 108 Å². The summed E-state index contributed by atoms with van der Waals surface area (Å²) >= 11 is 0. The first-order valence-corrected chi connectivity index (χ1v) is 11.1. The lowest BCUT2D eigenvalue weighted by atomic mass is 9.96. The number of nitrogens with zero attached hydrogens (tertiary/aromatic N) is 1. The van der Waals surface area contributed by atoms with E-state index in [9.17, 15) is 19.5 Å². The van der Waals surface area contributed by atoms with Crippen molar-refractivity contribution in [2.45, 2.75) is 64.8 Å². The van der Waals surface area contributed by atoms with E-state index in [1.165, 1.54) is 7.11 Å². The number of ether oxygens (including phenoxy) is 1. The molecule has 0 radical (unpaired) electrons.